The van der Waals surface area contributed by atoms with Gasteiger partial charge in [-0.2, -0.15) is 0 Å². The molecule has 0 bridgehead atoms. The summed E-state index contributed by atoms with van der Waals surface area (Å²) in [7, 11) is 6.60. The third-order valence-corrected chi connectivity index (χ3v) is 3.35. The van der Waals surface area contributed by atoms with Crippen molar-refractivity contribution in [3.05, 3.63) is 17.7 Å². The van der Waals surface area contributed by atoms with Gasteiger partial charge in [0.25, 0.3) is 0 Å². The molecule has 0 atom stereocenters. The molecule has 118 valence electrons. The molecule has 0 unspecified atom stereocenters. The molecule has 0 N–H and O–H groups in total. The Hall–Kier alpha value is -1.91. The Morgan fingerprint density at radius 1 is 1.10 bits per heavy atom. The second-order valence-electron chi connectivity index (χ2n) is 4.85. The Balaban J connectivity index is 2.82. The van der Waals surface area contributed by atoms with Crippen molar-refractivity contribution in [2.75, 3.05) is 34.9 Å². The van der Waals surface area contributed by atoms with Gasteiger partial charge in [-0.05, 0) is 30.5 Å². The van der Waals surface area contributed by atoms with E-state index in [-0.39, 0.29) is 5.91 Å². The Bertz CT molecular complexity index is 448. The molecule has 0 aliphatic heterocycles. The van der Waals surface area contributed by atoms with Crippen molar-refractivity contribution in [2.45, 2.75) is 26.2 Å². The van der Waals surface area contributed by atoms with Gasteiger partial charge in [0.15, 0.2) is 11.5 Å². The van der Waals surface area contributed by atoms with Crippen LogP contribution >= 0.6 is 0 Å². The van der Waals surface area contributed by atoms with E-state index in [1.807, 2.05) is 26.1 Å². The summed E-state index contributed by atoms with van der Waals surface area (Å²) < 4.78 is 15.9. The first-order valence-electron chi connectivity index (χ1n) is 7.10. The van der Waals surface area contributed by atoms with Gasteiger partial charge < -0.3 is 19.1 Å². The summed E-state index contributed by atoms with van der Waals surface area (Å²) >= 11 is 0. The van der Waals surface area contributed by atoms with Crippen LogP contribution in [0.15, 0.2) is 12.1 Å². The Kier molecular flexibility index (Phi) is 6.85. The van der Waals surface area contributed by atoms with Crippen LogP contribution in [-0.4, -0.2) is 45.7 Å². The number of rotatable bonds is 8. The summed E-state index contributed by atoms with van der Waals surface area (Å²) in [6.45, 7) is 2.67. The van der Waals surface area contributed by atoms with E-state index in [1.165, 1.54) is 0 Å². The van der Waals surface area contributed by atoms with Gasteiger partial charge in [0.1, 0.15) is 0 Å². The van der Waals surface area contributed by atoms with Crippen molar-refractivity contribution in [3.63, 3.8) is 0 Å². The molecule has 0 saturated carbocycles. The number of benzene rings is 1. The monoisotopic (exact) mass is 295 g/mol. The van der Waals surface area contributed by atoms with Crippen LogP contribution in [-0.2, 0) is 11.2 Å². The second-order valence-corrected chi connectivity index (χ2v) is 4.85. The fraction of sp³-hybridized carbons (Fsp3) is 0.562. The van der Waals surface area contributed by atoms with Crippen molar-refractivity contribution in [1.82, 2.24) is 4.90 Å². The van der Waals surface area contributed by atoms with Gasteiger partial charge in [-0.25, -0.2) is 0 Å². The van der Waals surface area contributed by atoms with E-state index in [0.717, 1.165) is 18.4 Å². The van der Waals surface area contributed by atoms with Crippen molar-refractivity contribution >= 4 is 5.91 Å². The summed E-state index contributed by atoms with van der Waals surface area (Å²) in [5.74, 6) is 2.02. The largest absolute Gasteiger partial charge is 0.493 e. The summed E-state index contributed by atoms with van der Waals surface area (Å²) in [6.07, 6.45) is 2.20. The van der Waals surface area contributed by atoms with E-state index in [1.54, 1.807) is 26.2 Å². The fourth-order valence-corrected chi connectivity index (χ4v) is 2.11. The van der Waals surface area contributed by atoms with Crippen LogP contribution in [0.5, 0.6) is 17.2 Å². The lowest BCUT2D eigenvalue weighted by Crippen LogP contribution is -2.28. The van der Waals surface area contributed by atoms with Crippen LogP contribution in [0.1, 0.15) is 25.3 Å². The minimum absolute atomic E-state index is 0.171. The van der Waals surface area contributed by atoms with Crippen LogP contribution in [0.25, 0.3) is 0 Å². The van der Waals surface area contributed by atoms with E-state index < -0.39 is 0 Å². The molecule has 0 saturated heterocycles. The maximum absolute atomic E-state index is 11.8. The number of likely N-dealkylation sites (N-methyl/N-ethyl adjacent to an activating group) is 1. The molecule has 1 aromatic rings. The normalized spacial score (nSPS) is 10.1. The van der Waals surface area contributed by atoms with Crippen LogP contribution in [0.2, 0.25) is 0 Å². The lowest BCUT2D eigenvalue weighted by Gasteiger charge is -2.18. The standard InChI is InChI=1S/C16H25NO4/c1-6-7-15(18)17(2)9-8-12-10-13(19-3)16(21-5)14(11-12)20-4/h10-11H,6-9H2,1-5H3. The lowest BCUT2D eigenvalue weighted by molar-refractivity contribution is -0.129. The highest BCUT2D eigenvalue weighted by Gasteiger charge is 2.14. The maximum Gasteiger partial charge on any atom is 0.222 e. The molecule has 5 nitrogen and oxygen atoms in total. The summed E-state index contributed by atoms with van der Waals surface area (Å²) in [5, 5.41) is 0. The van der Waals surface area contributed by atoms with Crippen LogP contribution in [0, 0.1) is 0 Å². The molecule has 21 heavy (non-hydrogen) atoms. The summed E-state index contributed by atoms with van der Waals surface area (Å²) in [4.78, 5) is 13.5. The topological polar surface area (TPSA) is 48.0 Å². The SMILES string of the molecule is CCCC(=O)N(C)CCc1cc(OC)c(OC)c(OC)c1. The molecule has 1 aromatic carbocycles. The van der Waals surface area contributed by atoms with Gasteiger partial charge in [0.2, 0.25) is 11.7 Å². The highest BCUT2D eigenvalue weighted by Crippen LogP contribution is 2.38. The molecule has 5 heteroatoms. The Morgan fingerprint density at radius 3 is 2.10 bits per heavy atom. The van der Waals surface area contributed by atoms with Crippen molar-refractivity contribution in [1.29, 1.82) is 0 Å². The number of hydrogen-bond donors (Lipinski definition) is 0. The maximum atomic E-state index is 11.8. The molecule has 0 aliphatic rings. The molecule has 0 fully saturated rings. The van der Waals surface area contributed by atoms with E-state index in [0.29, 0.717) is 30.2 Å². The number of methoxy groups -OCH3 is 3. The number of hydrogen-bond acceptors (Lipinski definition) is 4. The highest BCUT2D eigenvalue weighted by molar-refractivity contribution is 5.75. The lowest BCUT2D eigenvalue weighted by atomic mass is 10.1. The number of amides is 1. The molecule has 0 spiro atoms. The minimum Gasteiger partial charge on any atom is -0.493 e. The van der Waals surface area contributed by atoms with Gasteiger partial charge in [0.05, 0.1) is 21.3 Å². The average molecular weight is 295 g/mol. The van der Waals surface area contributed by atoms with Crippen molar-refractivity contribution in [2.24, 2.45) is 0 Å². The third-order valence-electron chi connectivity index (χ3n) is 3.35. The first kappa shape index (κ1) is 17.1. The number of nitrogens with zero attached hydrogens (tertiary/aromatic N) is 1. The zero-order chi connectivity index (χ0) is 15.8. The third kappa shape index (κ3) is 4.55. The molecule has 1 rings (SSSR count). The number of ether oxygens (including phenoxy) is 3. The summed E-state index contributed by atoms with van der Waals surface area (Å²) in [6, 6.07) is 3.83. The Labute approximate surface area is 126 Å². The molecule has 0 radical (unpaired) electrons. The molecule has 0 aromatic heterocycles. The van der Waals surface area contributed by atoms with Gasteiger partial charge in [-0.15, -0.1) is 0 Å². The Morgan fingerprint density at radius 2 is 1.67 bits per heavy atom. The van der Waals surface area contributed by atoms with Gasteiger partial charge in [-0.1, -0.05) is 6.92 Å². The van der Waals surface area contributed by atoms with Crippen LogP contribution < -0.4 is 14.2 Å². The molecule has 1 amide bonds. The fourth-order valence-electron chi connectivity index (χ4n) is 2.11. The van der Waals surface area contributed by atoms with Crippen molar-refractivity contribution in [3.8, 4) is 17.2 Å². The first-order valence-corrected chi connectivity index (χ1v) is 7.10. The minimum atomic E-state index is 0.171. The quantitative estimate of drug-likeness (QED) is 0.739. The first-order chi connectivity index (χ1) is 10.1. The predicted molar refractivity (Wildman–Crippen MR) is 82.3 cm³/mol. The zero-order valence-corrected chi connectivity index (χ0v) is 13.6. The van der Waals surface area contributed by atoms with E-state index in [9.17, 15) is 4.79 Å². The predicted octanol–water partition coefficient (Wildman–Crippen LogP) is 2.51. The van der Waals surface area contributed by atoms with E-state index in [4.69, 9.17) is 14.2 Å². The van der Waals surface area contributed by atoms with Gasteiger partial charge in [0, 0.05) is 20.0 Å². The average Bonchev–Trinajstić information content (AvgIpc) is 2.51. The second kappa shape index (κ2) is 8.39. The molecular formula is C16H25NO4. The van der Waals surface area contributed by atoms with E-state index in [2.05, 4.69) is 0 Å². The molecular weight excluding hydrogens is 270 g/mol. The van der Waals surface area contributed by atoms with Crippen LogP contribution in [0.4, 0.5) is 0 Å². The molecule has 0 aliphatic carbocycles. The van der Waals surface area contributed by atoms with Crippen molar-refractivity contribution < 1.29 is 19.0 Å². The highest BCUT2D eigenvalue weighted by atomic mass is 16.5. The summed E-state index contributed by atoms with van der Waals surface area (Å²) in [5.41, 5.74) is 1.04. The number of carbonyl (C=O) groups is 1. The smallest absolute Gasteiger partial charge is 0.222 e. The van der Waals surface area contributed by atoms with E-state index >= 15 is 0 Å². The zero-order valence-electron chi connectivity index (χ0n) is 13.6. The van der Waals surface area contributed by atoms with Gasteiger partial charge >= 0.3 is 0 Å². The van der Waals surface area contributed by atoms with Gasteiger partial charge in [-0.3, -0.25) is 4.79 Å². The van der Waals surface area contributed by atoms with Crippen LogP contribution in [0.3, 0.4) is 0 Å². The number of carbonyl (C=O) groups excluding carboxylic acids is 1. The molecule has 0 heterocycles.